The summed E-state index contributed by atoms with van der Waals surface area (Å²) in [7, 11) is 0. The van der Waals surface area contributed by atoms with Crippen LogP contribution in [0.15, 0.2) is 30.5 Å². The molecule has 2 rings (SSSR count). The number of rotatable bonds is 4. The van der Waals surface area contributed by atoms with Crippen LogP contribution >= 0.6 is 11.3 Å². The lowest BCUT2D eigenvalue weighted by Gasteiger charge is -2.02. The second-order valence-corrected chi connectivity index (χ2v) is 4.69. The Kier molecular flexibility index (Phi) is 3.51. The molecule has 84 valence electrons. The largest absolute Gasteiger partial charge is 0.365 e. The molecular formula is C12H13FN2S. The average Bonchev–Trinajstić information content (AvgIpc) is 2.76. The quantitative estimate of drug-likeness (QED) is 0.879. The minimum atomic E-state index is -0.310. The molecule has 4 heteroatoms. The minimum absolute atomic E-state index is 0.310. The standard InChI is InChI=1S/C12H13FN2S/c1-2-10-4-5-11(16-10)8-15-12-6-3-9(13)7-14-12/h3-7H,2,8H2,1H3,(H,14,15). The van der Waals surface area contributed by atoms with Gasteiger partial charge in [-0.15, -0.1) is 11.3 Å². The molecule has 0 amide bonds. The van der Waals surface area contributed by atoms with Gasteiger partial charge in [0, 0.05) is 9.75 Å². The van der Waals surface area contributed by atoms with Gasteiger partial charge in [0.15, 0.2) is 0 Å². The Morgan fingerprint density at radius 2 is 2.06 bits per heavy atom. The van der Waals surface area contributed by atoms with Gasteiger partial charge in [-0.25, -0.2) is 9.37 Å². The molecule has 0 aromatic carbocycles. The van der Waals surface area contributed by atoms with Gasteiger partial charge in [-0.3, -0.25) is 0 Å². The van der Waals surface area contributed by atoms with Crippen LogP contribution in [0.2, 0.25) is 0 Å². The number of hydrogen-bond acceptors (Lipinski definition) is 3. The smallest absolute Gasteiger partial charge is 0.141 e. The van der Waals surface area contributed by atoms with Crippen molar-refractivity contribution < 1.29 is 4.39 Å². The van der Waals surface area contributed by atoms with Gasteiger partial charge in [0.25, 0.3) is 0 Å². The lowest BCUT2D eigenvalue weighted by molar-refractivity contribution is 0.621. The van der Waals surface area contributed by atoms with Crippen molar-refractivity contribution in [2.45, 2.75) is 19.9 Å². The van der Waals surface area contributed by atoms with E-state index in [4.69, 9.17) is 0 Å². The molecule has 16 heavy (non-hydrogen) atoms. The van der Waals surface area contributed by atoms with Gasteiger partial charge in [-0.05, 0) is 30.7 Å². The van der Waals surface area contributed by atoms with E-state index in [1.165, 1.54) is 22.0 Å². The third-order valence-electron chi connectivity index (χ3n) is 2.24. The molecular weight excluding hydrogens is 223 g/mol. The number of pyridine rings is 1. The first-order chi connectivity index (χ1) is 7.78. The Hall–Kier alpha value is -1.42. The zero-order chi connectivity index (χ0) is 11.4. The van der Waals surface area contributed by atoms with Crippen molar-refractivity contribution in [2.75, 3.05) is 5.32 Å². The summed E-state index contributed by atoms with van der Waals surface area (Å²) in [6, 6.07) is 7.30. The predicted molar refractivity (Wildman–Crippen MR) is 65.2 cm³/mol. The first-order valence-corrected chi connectivity index (χ1v) is 6.02. The highest BCUT2D eigenvalue weighted by atomic mass is 32.1. The summed E-state index contributed by atoms with van der Waals surface area (Å²) in [5.41, 5.74) is 0. The van der Waals surface area contributed by atoms with E-state index in [-0.39, 0.29) is 5.82 Å². The lowest BCUT2D eigenvalue weighted by atomic mass is 10.3. The molecule has 2 aromatic rings. The van der Waals surface area contributed by atoms with E-state index in [9.17, 15) is 4.39 Å². The number of thiophene rings is 1. The highest BCUT2D eigenvalue weighted by molar-refractivity contribution is 7.12. The van der Waals surface area contributed by atoms with Crippen molar-refractivity contribution >= 4 is 17.2 Å². The lowest BCUT2D eigenvalue weighted by Crippen LogP contribution is -1.99. The maximum absolute atomic E-state index is 12.6. The Balaban J connectivity index is 1.94. The SMILES string of the molecule is CCc1ccc(CNc2ccc(F)cn2)s1. The van der Waals surface area contributed by atoms with E-state index in [2.05, 4.69) is 29.4 Å². The van der Waals surface area contributed by atoms with Crippen LogP contribution in [0, 0.1) is 5.82 Å². The van der Waals surface area contributed by atoms with Gasteiger partial charge in [-0.2, -0.15) is 0 Å². The van der Waals surface area contributed by atoms with Crippen molar-refractivity contribution in [2.24, 2.45) is 0 Å². The summed E-state index contributed by atoms with van der Waals surface area (Å²) in [5.74, 6) is 0.391. The fourth-order valence-corrected chi connectivity index (χ4v) is 2.26. The summed E-state index contributed by atoms with van der Waals surface area (Å²) < 4.78 is 12.6. The molecule has 2 heterocycles. The Morgan fingerprint density at radius 1 is 1.25 bits per heavy atom. The Labute approximate surface area is 98.2 Å². The van der Waals surface area contributed by atoms with Crippen molar-refractivity contribution in [3.63, 3.8) is 0 Å². The van der Waals surface area contributed by atoms with Gasteiger partial charge in [0.1, 0.15) is 11.6 Å². The highest BCUT2D eigenvalue weighted by Crippen LogP contribution is 2.17. The number of anilines is 1. The van der Waals surface area contributed by atoms with Crippen LogP contribution < -0.4 is 5.32 Å². The molecule has 1 N–H and O–H groups in total. The molecule has 0 atom stereocenters. The van der Waals surface area contributed by atoms with Crippen LogP contribution in [0.5, 0.6) is 0 Å². The summed E-state index contributed by atoms with van der Waals surface area (Å²) in [5, 5.41) is 3.16. The Morgan fingerprint density at radius 3 is 2.69 bits per heavy atom. The van der Waals surface area contributed by atoms with Gasteiger partial charge < -0.3 is 5.32 Å². The molecule has 0 saturated carbocycles. The van der Waals surface area contributed by atoms with Crippen molar-refractivity contribution in [1.29, 1.82) is 0 Å². The normalized spacial score (nSPS) is 10.4. The third kappa shape index (κ3) is 2.79. The predicted octanol–water partition coefficient (Wildman–Crippen LogP) is 3.46. The third-order valence-corrected chi connectivity index (χ3v) is 3.47. The first kappa shape index (κ1) is 11.1. The number of aryl methyl sites for hydroxylation is 1. The van der Waals surface area contributed by atoms with Crippen molar-refractivity contribution in [1.82, 2.24) is 4.98 Å². The molecule has 0 bridgehead atoms. The fourth-order valence-electron chi connectivity index (χ4n) is 1.37. The molecule has 0 radical (unpaired) electrons. The fraction of sp³-hybridized carbons (Fsp3) is 0.250. The van der Waals surface area contributed by atoms with Crippen LogP contribution in [-0.4, -0.2) is 4.98 Å². The second-order valence-electron chi connectivity index (χ2n) is 3.44. The minimum Gasteiger partial charge on any atom is -0.365 e. The highest BCUT2D eigenvalue weighted by Gasteiger charge is 1.99. The molecule has 2 nitrogen and oxygen atoms in total. The van der Waals surface area contributed by atoms with E-state index in [1.807, 2.05) is 0 Å². The molecule has 2 aromatic heterocycles. The van der Waals surface area contributed by atoms with Crippen LogP contribution in [0.4, 0.5) is 10.2 Å². The molecule has 0 saturated heterocycles. The first-order valence-electron chi connectivity index (χ1n) is 5.21. The molecule has 0 fully saturated rings. The molecule has 0 unspecified atom stereocenters. The van der Waals surface area contributed by atoms with Crippen LogP contribution in [0.3, 0.4) is 0 Å². The van der Waals surface area contributed by atoms with Gasteiger partial charge in [-0.1, -0.05) is 6.92 Å². The second kappa shape index (κ2) is 5.07. The van der Waals surface area contributed by atoms with Gasteiger partial charge in [0.05, 0.1) is 12.7 Å². The maximum atomic E-state index is 12.6. The topological polar surface area (TPSA) is 24.9 Å². The van der Waals surface area contributed by atoms with E-state index < -0.39 is 0 Å². The Bertz CT molecular complexity index is 450. The van der Waals surface area contributed by atoms with Crippen LogP contribution in [0.1, 0.15) is 16.7 Å². The van der Waals surface area contributed by atoms with E-state index in [0.29, 0.717) is 5.82 Å². The van der Waals surface area contributed by atoms with Crippen LogP contribution in [-0.2, 0) is 13.0 Å². The van der Waals surface area contributed by atoms with Gasteiger partial charge >= 0.3 is 0 Å². The molecule has 0 aliphatic heterocycles. The number of halogens is 1. The number of nitrogens with zero attached hydrogens (tertiary/aromatic N) is 1. The van der Waals surface area contributed by atoms with E-state index in [1.54, 1.807) is 17.4 Å². The summed E-state index contributed by atoms with van der Waals surface area (Å²) in [6.45, 7) is 2.88. The zero-order valence-corrected chi connectivity index (χ0v) is 9.85. The average molecular weight is 236 g/mol. The summed E-state index contributed by atoms with van der Waals surface area (Å²) in [6.07, 6.45) is 2.29. The summed E-state index contributed by atoms with van der Waals surface area (Å²) in [4.78, 5) is 6.58. The van der Waals surface area contributed by atoms with E-state index in [0.717, 1.165) is 13.0 Å². The summed E-state index contributed by atoms with van der Waals surface area (Å²) >= 11 is 1.79. The zero-order valence-electron chi connectivity index (χ0n) is 9.03. The number of hydrogen-bond donors (Lipinski definition) is 1. The van der Waals surface area contributed by atoms with Gasteiger partial charge in [0.2, 0.25) is 0 Å². The maximum Gasteiger partial charge on any atom is 0.141 e. The molecule has 0 aliphatic rings. The van der Waals surface area contributed by atoms with Crippen LogP contribution in [0.25, 0.3) is 0 Å². The molecule has 0 spiro atoms. The molecule has 0 aliphatic carbocycles. The number of aromatic nitrogens is 1. The van der Waals surface area contributed by atoms with E-state index >= 15 is 0 Å². The van der Waals surface area contributed by atoms with Crippen molar-refractivity contribution in [3.8, 4) is 0 Å². The van der Waals surface area contributed by atoms with Crippen molar-refractivity contribution in [3.05, 3.63) is 46.0 Å². The number of nitrogens with one attached hydrogen (secondary N) is 1. The monoisotopic (exact) mass is 236 g/mol.